The number of benzene rings is 1. The molecular weight excluding hydrogens is 232 g/mol. The molecule has 0 aliphatic carbocycles. The first-order valence-corrected chi connectivity index (χ1v) is 6.09. The van der Waals surface area contributed by atoms with Gasteiger partial charge in [-0.2, -0.15) is 0 Å². The van der Waals surface area contributed by atoms with E-state index < -0.39 is 0 Å². The fraction of sp³-hybridized carbons (Fsp3) is 0.462. The van der Waals surface area contributed by atoms with Crippen LogP contribution in [0.5, 0.6) is 0 Å². The van der Waals surface area contributed by atoms with Gasteiger partial charge < -0.3 is 20.4 Å². The third-order valence-electron chi connectivity index (χ3n) is 2.90. The molecule has 1 atom stereocenters. The average molecular weight is 250 g/mol. The zero-order chi connectivity index (χ0) is 12.8. The Kier molecular flexibility index (Phi) is 4.55. The molecule has 1 heterocycles. The van der Waals surface area contributed by atoms with Gasteiger partial charge in [0.05, 0.1) is 6.61 Å². The zero-order valence-corrected chi connectivity index (χ0v) is 10.2. The minimum Gasteiger partial charge on any atom is -0.409 e. The van der Waals surface area contributed by atoms with E-state index in [0.29, 0.717) is 12.2 Å². The Balaban J connectivity index is 1.92. The van der Waals surface area contributed by atoms with Crippen molar-refractivity contribution in [2.45, 2.75) is 32.2 Å². The standard InChI is InChI=1S/C13H18N2O3/c14-13(15-16)11-5-3-4-10(8-11)9-18-12-6-1-2-7-17-12/h3-5,8,12,16H,1-2,6-7,9H2,(H2,14,15). The lowest BCUT2D eigenvalue weighted by molar-refractivity contribution is -0.168. The highest BCUT2D eigenvalue weighted by Gasteiger charge is 2.14. The molecule has 98 valence electrons. The van der Waals surface area contributed by atoms with E-state index in [1.165, 1.54) is 0 Å². The maximum absolute atomic E-state index is 8.62. The predicted molar refractivity (Wildman–Crippen MR) is 67.3 cm³/mol. The molecule has 3 N–H and O–H groups in total. The molecule has 18 heavy (non-hydrogen) atoms. The van der Waals surface area contributed by atoms with Crippen LogP contribution in [0.1, 0.15) is 30.4 Å². The summed E-state index contributed by atoms with van der Waals surface area (Å²) in [6.45, 7) is 1.24. The Hall–Kier alpha value is -1.59. The van der Waals surface area contributed by atoms with Gasteiger partial charge in [0.2, 0.25) is 0 Å². The van der Waals surface area contributed by atoms with Crippen molar-refractivity contribution in [2.75, 3.05) is 6.61 Å². The summed E-state index contributed by atoms with van der Waals surface area (Å²) in [5, 5.41) is 11.6. The summed E-state index contributed by atoms with van der Waals surface area (Å²) in [5.41, 5.74) is 7.20. The zero-order valence-electron chi connectivity index (χ0n) is 10.2. The molecule has 5 heteroatoms. The van der Waals surface area contributed by atoms with Crippen molar-refractivity contribution in [1.29, 1.82) is 0 Å². The second kappa shape index (κ2) is 6.37. The van der Waals surface area contributed by atoms with Crippen molar-refractivity contribution < 1.29 is 14.7 Å². The molecular formula is C13H18N2O3. The van der Waals surface area contributed by atoms with Crippen molar-refractivity contribution in [3.8, 4) is 0 Å². The molecule has 2 rings (SSSR count). The van der Waals surface area contributed by atoms with Crippen LogP contribution in [0.4, 0.5) is 0 Å². The van der Waals surface area contributed by atoms with E-state index in [1.54, 1.807) is 6.07 Å². The van der Waals surface area contributed by atoms with Gasteiger partial charge in [0.15, 0.2) is 12.1 Å². The van der Waals surface area contributed by atoms with E-state index >= 15 is 0 Å². The van der Waals surface area contributed by atoms with E-state index in [0.717, 1.165) is 31.4 Å². The van der Waals surface area contributed by atoms with Crippen LogP contribution in [-0.4, -0.2) is 23.9 Å². The monoisotopic (exact) mass is 250 g/mol. The lowest BCUT2D eigenvalue weighted by Crippen LogP contribution is -2.22. The van der Waals surface area contributed by atoms with E-state index in [4.69, 9.17) is 20.4 Å². The first kappa shape index (κ1) is 12.9. The third-order valence-corrected chi connectivity index (χ3v) is 2.90. The highest BCUT2D eigenvalue weighted by Crippen LogP contribution is 2.16. The number of nitrogens with zero attached hydrogens (tertiary/aromatic N) is 1. The van der Waals surface area contributed by atoms with Crippen LogP contribution < -0.4 is 5.73 Å². The van der Waals surface area contributed by atoms with Gasteiger partial charge in [-0.15, -0.1) is 0 Å². The number of oxime groups is 1. The van der Waals surface area contributed by atoms with Crippen LogP contribution in [0.25, 0.3) is 0 Å². The second-order valence-electron chi connectivity index (χ2n) is 4.29. The molecule has 5 nitrogen and oxygen atoms in total. The molecule has 0 spiro atoms. The van der Waals surface area contributed by atoms with Crippen LogP contribution in [0, 0.1) is 0 Å². The van der Waals surface area contributed by atoms with Gasteiger partial charge in [-0.05, 0) is 30.9 Å². The summed E-state index contributed by atoms with van der Waals surface area (Å²) in [6.07, 6.45) is 3.10. The molecule has 1 saturated heterocycles. The topological polar surface area (TPSA) is 77.1 Å². The summed E-state index contributed by atoms with van der Waals surface area (Å²) in [4.78, 5) is 0. The number of rotatable bonds is 4. The van der Waals surface area contributed by atoms with Crippen molar-refractivity contribution in [1.82, 2.24) is 0 Å². The molecule has 0 radical (unpaired) electrons. The molecule has 1 aromatic rings. The summed E-state index contributed by atoms with van der Waals surface area (Å²) >= 11 is 0. The van der Waals surface area contributed by atoms with Crippen LogP contribution >= 0.6 is 0 Å². The normalized spacial score (nSPS) is 20.9. The summed E-state index contributed by atoms with van der Waals surface area (Å²) in [7, 11) is 0. The molecule has 0 aromatic heterocycles. The van der Waals surface area contributed by atoms with Gasteiger partial charge in [-0.1, -0.05) is 23.4 Å². The van der Waals surface area contributed by atoms with Gasteiger partial charge in [0, 0.05) is 12.2 Å². The third kappa shape index (κ3) is 3.45. The minimum absolute atomic E-state index is 0.103. The molecule has 1 fully saturated rings. The lowest BCUT2D eigenvalue weighted by atomic mass is 10.1. The molecule has 1 aromatic carbocycles. The fourth-order valence-electron chi connectivity index (χ4n) is 1.91. The Morgan fingerprint density at radius 3 is 3.11 bits per heavy atom. The second-order valence-corrected chi connectivity index (χ2v) is 4.29. The summed E-state index contributed by atoms with van der Waals surface area (Å²) in [6, 6.07) is 7.43. The first-order valence-electron chi connectivity index (χ1n) is 6.09. The van der Waals surface area contributed by atoms with Gasteiger partial charge in [0.25, 0.3) is 0 Å². The fourth-order valence-corrected chi connectivity index (χ4v) is 1.91. The van der Waals surface area contributed by atoms with Crippen molar-refractivity contribution in [2.24, 2.45) is 10.9 Å². The van der Waals surface area contributed by atoms with Crippen molar-refractivity contribution in [3.05, 3.63) is 35.4 Å². The quantitative estimate of drug-likeness (QED) is 0.370. The highest BCUT2D eigenvalue weighted by molar-refractivity contribution is 5.97. The lowest BCUT2D eigenvalue weighted by Gasteiger charge is -2.22. The van der Waals surface area contributed by atoms with E-state index in [-0.39, 0.29) is 12.1 Å². The Labute approximate surface area is 106 Å². The van der Waals surface area contributed by atoms with E-state index in [1.807, 2.05) is 18.2 Å². The van der Waals surface area contributed by atoms with Crippen molar-refractivity contribution in [3.63, 3.8) is 0 Å². The molecule has 0 bridgehead atoms. The molecule has 1 unspecified atom stereocenters. The molecule has 1 aliphatic heterocycles. The Bertz CT molecular complexity index is 414. The summed E-state index contributed by atoms with van der Waals surface area (Å²) < 4.78 is 11.2. The molecule has 0 amide bonds. The molecule has 1 aliphatic rings. The van der Waals surface area contributed by atoms with Gasteiger partial charge >= 0.3 is 0 Å². The van der Waals surface area contributed by atoms with Crippen molar-refractivity contribution >= 4 is 5.84 Å². The Morgan fingerprint density at radius 1 is 1.50 bits per heavy atom. The largest absolute Gasteiger partial charge is 0.409 e. The van der Waals surface area contributed by atoms with Crippen LogP contribution in [0.15, 0.2) is 29.4 Å². The number of nitrogens with two attached hydrogens (primary N) is 1. The molecule has 0 saturated carbocycles. The number of amidine groups is 1. The number of hydrogen-bond donors (Lipinski definition) is 2. The minimum atomic E-state index is -0.105. The van der Waals surface area contributed by atoms with Gasteiger partial charge in [-0.25, -0.2) is 0 Å². The smallest absolute Gasteiger partial charge is 0.170 e. The van der Waals surface area contributed by atoms with Crippen LogP contribution in [0.3, 0.4) is 0 Å². The number of hydrogen-bond acceptors (Lipinski definition) is 4. The SMILES string of the molecule is N/C(=N\O)c1cccc(COC2CCCCO2)c1. The maximum atomic E-state index is 8.62. The van der Waals surface area contributed by atoms with E-state index in [9.17, 15) is 0 Å². The van der Waals surface area contributed by atoms with Crippen LogP contribution in [0.2, 0.25) is 0 Å². The predicted octanol–water partition coefficient (Wildman–Crippen LogP) is 1.82. The maximum Gasteiger partial charge on any atom is 0.170 e. The average Bonchev–Trinajstić information content (AvgIpc) is 2.45. The van der Waals surface area contributed by atoms with E-state index in [2.05, 4.69) is 5.16 Å². The van der Waals surface area contributed by atoms with Gasteiger partial charge in [-0.3, -0.25) is 0 Å². The Morgan fingerprint density at radius 2 is 2.39 bits per heavy atom. The summed E-state index contributed by atoms with van der Waals surface area (Å²) in [5.74, 6) is 0.103. The first-order chi connectivity index (χ1) is 8.79. The van der Waals surface area contributed by atoms with Crippen LogP contribution in [-0.2, 0) is 16.1 Å². The highest BCUT2D eigenvalue weighted by atomic mass is 16.7. The van der Waals surface area contributed by atoms with Gasteiger partial charge in [0.1, 0.15) is 0 Å². The number of ether oxygens (including phenoxy) is 2.